The van der Waals surface area contributed by atoms with Gasteiger partial charge in [-0.1, -0.05) is 26.0 Å². The van der Waals surface area contributed by atoms with Crippen LogP contribution in [-0.2, 0) is 27.1 Å². The van der Waals surface area contributed by atoms with Crippen LogP contribution in [0.3, 0.4) is 0 Å². The van der Waals surface area contributed by atoms with Gasteiger partial charge in [-0.05, 0) is 146 Å². The summed E-state index contributed by atoms with van der Waals surface area (Å²) in [5.74, 6) is 5.02. The second-order valence-corrected chi connectivity index (χ2v) is 15.5. The number of phenolic OH excluding ortho intramolecular Hbond substituents is 2. The predicted octanol–water partition coefficient (Wildman–Crippen LogP) is 7.81. The highest BCUT2D eigenvalue weighted by Gasteiger charge is 2.65. The van der Waals surface area contributed by atoms with Crippen molar-refractivity contribution in [1.82, 2.24) is 0 Å². The highest BCUT2D eigenvalue weighted by atomic mass is 16.7. The minimum absolute atomic E-state index is 0.0322. The van der Waals surface area contributed by atoms with Crippen molar-refractivity contribution in [2.24, 2.45) is 34.5 Å². The molecule has 0 radical (unpaired) electrons. The molecule has 6 unspecified atom stereocenters. The first-order chi connectivity index (χ1) is 20.7. The molecule has 5 heteroatoms. The zero-order valence-corrected chi connectivity index (χ0v) is 25.9. The number of aromatic hydroxyl groups is 2. The first kappa shape index (κ1) is 28.1. The highest BCUT2D eigenvalue weighted by molar-refractivity contribution is 5.87. The number of carbonyl (C=O) groups is 1. The van der Waals surface area contributed by atoms with Crippen LogP contribution in [0.4, 0.5) is 0 Å². The topological polar surface area (TPSA) is 76.0 Å². The number of hydrogen-bond acceptors (Lipinski definition) is 5. The van der Waals surface area contributed by atoms with E-state index in [2.05, 4.69) is 26.0 Å². The Morgan fingerprint density at radius 2 is 1.26 bits per heavy atom. The first-order valence-electron chi connectivity index (χ1n) is 17.2. The van der Waals surface area contributed by atoms with Gasteiger partial charge >= 0.3 is 0 Å². The molecule has 6 aliphatic carbocycles. The lowest BCUT2D eigenvalue weighted by Gasteiger charge is -2.52. The molecular formula is C38H48O5. The Balaban J connectivity index is 0.000000131. The zero-order chi connectivity index (χ0) is 29.6. The highest BCUT2D eigenvalue weighted by Crippen LogP contribution is 2.66. The number of rotatable bonds is 0. The van der Waals surface area contributed by atoms with Crippen LogP contribution >= 0.6 is 0 Å². The van der Waals surface area contributed by atoms with E-state index >= 15 is 0 Å². The van der Waals surface area contributed by atoms with Crippen molar-refractivity contribution in [3.05, 3.63) is 58.7 Å². The Morgan fingerprint density at radius 3 is 1.88 bits per heavy atom. The van der Waals surface area contributed by atoms with Crippen LogP contribution < -0.4 is 0 Å². The molecule has 1 saturated heterocycles. The number of aryl methyl sites for hydroxylation is 2. The maximum Gasteiger partial charge on any atom is 0.174 e. The number of ketones is 1. The third kappa shape index (κ3) is 4.13. The van der Waals surface area contributed by atoms with Gasteiger partial charge in [0.15, 0.2) is 5.79 Å². The van der Waals surface area contributed by atoms with Gasteiger partial charge in [-0.2, -0.15) is 0 Å². The molecule has 4 saturated carbocycles. The lowest BCUT2D eigenvalue weighted by atomic mass is 9.55. The van der Waals surface area contributed by atoms with Crippen LogP contribution in [0.15, 0.2) is 36.4 Å². The Hall–Kier alpha value is -2.37. The largest absolute Gasteiger partial charge is 0.508 e. The van der Waals surface area contributed by atoms with Crippen LogP contribution in [0.25, 0.3) is 0 Å². The van der Waals surface area contributed by atoms with E-state index in [1.54, 1.807) is 0 Å². The van der Waals surface area contributed by atoms with E-state index in [-0.39, 0.29) is 16.6 Å². The van der Waals surface area contributed by atoms with Gasteiger partial charge in [-0.3, -0.25) is 4.79 Å². The SMILES string of the molecule is C[C@]12CCC3c4ccc(O)cc4CCC3C1CCC21OCCO1.C[C@]12CCC3c4ccc(O)cc4CCC3C1CCC2=O. The van der Waals surface area contributed by atoms with Crippen molar-refractivity contribution in [3.8, 4) is 11.5 Å². The quantitative estimate of drug-likeness (QED) is 0.330. The van der Waals surface area contributed by atoms with Crippen LogP contribution in [-0.4, -0.2) is 35.0 Å². The molecule has 5 fully saturated rings. The maximum absolute atomic E-state index is 12.3. The van der Waals surface area contributed by atoms with E-state index in [1.165, 1.54) is 54.4 Å². The van der Waals surface area contributed by atoms with Gasteiger partial charge in [0, 0.05) is 23.7 Å². The molecule has 9 rings (SSSR count). The summed E-state index contributed by atoms with van der Waals surface area (Å²) in [5.41, 5.74) is 5.79. The Bertz CT molecular complexity index is 1430. The number of carbonyl (C=O) groups excluding carboxylic acids is 1. The number of fused-ring (bicyclic) bond motifs is 11. The van der Waals surface area contributed by atoms with Gasteiger partial charge in [-0.25, -0.2) is 0 Å². The van der Waals surface area contributed by atoms with Gasteiger partial charge in [0.25, 0.3) is 0 Å². The predicted molar refractivity (Wildman–Crippen MR) is 165 cm³/mol. The molecule has 43 heavy (non-hydrogen) atoms. The second-order valence-electron chi connectivity index (χ2n) is 15.5. The number of ether oxygens (including phenoxy) is 2. The molecule has 0 aromatic heterocycles. The number of Topliss-reactive ketones (excluding diaryl/α,β-unsaturated/α-hetero) is 1. The molecular weight excluding hydrogens is 536 g/mol. The Labute approximate surface area is 256 Å². The lowest BCUT2D eigenvalue weighted by Crippen LogP contribution is -2.51. The summed E-state index contributed by atoms with van der Waals surface area (Å²) in [6.07, 6.45) is 13.4. The lowest BCUT2D eigenvalue weighted by molar-refractivity contribution is -0.237. The fourth-order valence-electron chi connectivity index (χ4n) is 11.8. The summed E-state index contributed by atoms with van der Waals surface area (Å²) in [6.45, 7) is 6.17. The molecule has 1 spiro atoms. The van der Waals surface area contributed by atoms with Crippen molar-refractivity contribution in [3.63, 3.8) is 0 Å². The van der Waals surface area contributed by atoms with E-state index in [1.807, 2.05) is 24.3 Å². The first-order valence-corrected chi connectivity index (χ1v) is 17.2. The molecule has 5 nitrogen and oxygen atoms in total. The van der Waals surface area contributed by atoms with Crippen molar-refractivity contribution in [1.29, 1.82) is 0 Å². The molecule has 1 aliphatic heterocycles. The number of hydrogen-bond donors (Lipinski definition) is 2. The smallest absolute Gasteiger partial charge is 0.174 e. The van der Waals surface area contributed by atoms with Gasteiger partial charge in [0.1, 0.15) is 17.3 Å². The standard InChI is InChI=1S/C20H26O3.C18H22O2/c1-19-8-6-16-15-5-3-14(21)12-13(15)2-4-17(16)18(19)7-9-20(19)22-10-11-23-20;1-18-9-8-14-13-5-3-12(19)10-11(13)2-4-15(14)16(18)6-7-17(18)20/h3,5,12,16-18,21H,2,4,6-11H2,1H3;3,5,10,14-16,19H,2,4,6-9H2,1H3/t16?,17?,18?,19-;14?,15?,16?,18-/m00/s1. The van der Waals surface area contributed by atoms with Crippen molar-refractivity contribution in [2.75, 3.05) is 13.2 Å². The maximum atomic E-state index is 12.3. The molecule has 8 atom stereocenters. The molecule has 2 aromatic carbocycles. The van der Waals surface area contributed by atoms with Crippen LogP contribution in [0.1, 0.15) is 112 Å². The fourth-order valence-corrected chi connectivity index (χ4v) is 11.8. The summed E-state index contributed by atoms with van der Waals surface area (Å²) < 4.78 is 12.4. The Morgan fingerprint density at radius 1 is 0.674 bits per heavy atom. The summed E-state index contributed by atoms with van der Waals surface area (Å²) in [6, 6.07) is 11.9. The average Bonchev–Trinajstić information content (AvgIpc) is 3.69. The summed E-state index contributed by atoms with van der Waals surface area (Å²) >= 11 is 0. The molecule has 2 N–H and O–H groups in total. The summed E-state index contributed by atoms with van der Waals surface area (Å²) in [5, 5.41) is 19.4. The molecule has 0 bridgehead atoms. The van der Waals surface area contributed by atoms with Crippen LogP contribution in [0, 0.1) is 34.5 Å². The van der Waals surface area contributed by atoms with Crippen molar-refractivity contribution < 1.29 is 24.5 Å². The van der Waals surface area contributed by atoms with E-state index in [0.29, 0.717) is 46.9 Å². The zero-order valence-electron chi connectivity index (χ0n) is 25.9. The molecule has 0 amide bonds. The van der Waals surface area contributed by atoms with E-state index in [0.717, 1.165) is 64.1 Å². The number of benzene rings is 2. The van der Waals surface area contributed by atoms with Gasteiger partial charge in [0.05, 0.1) is 13.2 Å². The average molecular weight is 585 g/mol. The van der Waals surface area contributed by atoms with Gasteiger partial charge < -0.3 is 19.7 Å². The minimum Gasteiger partial charge on any atom is -0.508 e. The third-order valence-electron chi connectivity index (χ3n) is 13.9. The van der Waals surface area contributed by atoms with E-state index in [4.69, 9.17) is 9.47 Å². The molecule has 230 valence electrons. The normalized spacial score (nSPS) is 39.9. The molecule has 1 heterocycles. The van der Waals surface area contributed by atoms with Crippen LogP contribution in [0.2, 0.25) is 0 Å². The van der Waals surface area contributed by atoms with Crippen molar-refractivity contribution in [2.45, 2.75) is 109 Å². The minimum atomic E-state index is -0.294. The van der Waals surface area contributed by atoms with Gasteiger partial charge in [-0.15, -0.1) is 0 Å². The third-order valence-corrected chi connectivity index (χ3v) is 13.9. The van der Waals surface area contributed by atoms with Gasteiger partial charge in [0.2, 0.25) is 0 Å². The summed E-state index contributed by atoms with van der Waals surface area (Å²) in [7, 11) is 0. The molecule has 7 aliphatic rings. The van der Waals surface area contributed by atoms with E-state index < -0.39 is 0 Å². The summed E-state index contributed by atoms with van der Waals surface area (Å²) in [4.78, 5) is 12.3. The van der Waals surface area contributed by atoms with Crippen molar-refractivity contribution >= 4 is 5.78 Å². The van der Waals surface area contributed by atoms with Crippen LogP contribution in [0.5, 0.6) is 11.5 Å². The fraction of sp³-hybridized carbons (Fsp3) is 0.658. The monoisotopic (exact) mass is 584 g/mol. The Kier molecular flexibility index (Phi) is 6.59. The second kappa shape index (κ2) is 10.1. The number of phenols is 2. The molecule has 2 aromatic rings. The van der Waals surface area contributed by atoms with E-state index in [9.17, 15) is 15.0 Å².